The lowest BCUT2D eigenvalue weighted by Gasteiger charge is -2.34. The lowest BCUT2D eigenvalue weighted by Crippen LogP contribution is -2.39. The zero-order valence-electron chi connectivity index (χ0n) is 18.6. The predicted molar refractivity (Wildman–Crippen MR) is 121 cm³/mol. The van der Waals surface area contributed by atoms with Crippen LogP contribution in [0, 0.1) is 12.3 Å². The molecule has 1 aliphatic carbocycles. The Morgan fingerprint density at radius 3 is 2.53 bits per heavy atom. The van der Waals surface area contributed by atoms with Gasteiger partial charge >= 0.3 is 0 Å². The highest BCUT2D eigenvalue weighted by molar-refractivity contribution is 6.00. The minimum atomic E-state index is -0.223. The molecule has 0 radical (unpaired) electrons. The van der Waals surface area contributed by atoms with Gasteiger partial charge in [0.1, 0.15) is 0 Å². The lowest BCUT2D eigenvalue weighted by molar-refractivity contribution is -0.128. The Labute approximate surface area is 181 Å². The summed E-state index contributed by atoms with van der Waals surface area (Å²) in [5.74, 6) is 0.287. The van der Waals surface area contributed by atoms with Crippen molar-refractivity contribution in [2.24, 2.45) is 5.41 Å². The summed E-state index contributed by atoms with van der Waals surface area (Å²) < 4.78 is 0. The Bertz CT molecular complexity index is 802. The Balaban J connectivity index is 1.28. The fraction of sp³-hybridized carbons (Fsp3) is 0.720. The van der Waals surface area contributed by atoms with Gasteiger partial charge in [-0.1, -0.05) is 0 Å². The second-order valence-electron chi connectivity index (χ2n) is 10.3. The number of hydrogen-bond donors (Lipinski definition) is 1. The van der Waals surface area contributed by atoms with Crippen molar-refractivity contribution < 1.29 is 9.90 Å². The zero-order chi connectivity index (χ0) is 20.9. The fourth-order valence-electron chi connectivity index (χ4n) is 6.55. The highest BCUT2D eigenvalue weighted by Crippen LogP contribution is 2.46. The van der Waals surface area contributed by atoms with Crippen molar-refractivity contribution in [2.75, 3.05) is 36.0 Å². The smallest absolute Gasteiger partial charge is 0.233 e. The van der Waals surface area contributed by atoms with Crippen molar-refractivity contribution in [3.05, 3.63) is 23.8 Å². The number of nitrogens with zero attached hydrogens (tertiary/aromatic N) is 3. The van der Waals surface area contributed by atoms with Crippen molar-refractivity contribution in [3.8, 4) is 0 Å². The SMILES string of the molecule is Cc1cc(N2CCC(N3CCCC3C)C2)ccc1N1CCC2(CCC(O)CC2)C1=O. The Hall–Kier alpha value is -1.59. The maximum Gasteiger partial charge on any atom is 0.233 e. The number of likely N-dealkylation sites (tertiary alicyclic amines) is 1. The molecule has 2 unspecified atom stereocenters. The molecule has 1 aromatic carbocycles. The van der Waals surface area contributed by atoms with E-state index in [1.54, 1.807) is 0 Å². The first-order valence-corrected chi connectivity index (χ1v) is 12.1. The van der Waals surface area contributed by atoms with Crippen molar-refractivity contribution in [1.29, 1.82) is 0 Å². The maximum atomic E-state index is 13.3. The van der Waals surface area contributed by atoms with E-state index in [0.29, 0.717) is 6.04 Å². The molecule has 1 aromatic rings. The molecule has 5 nitrogen and oxygen atoms in total. The van der Waals surface area contributed by atoms with Gasteiger partial charge in [0.15, 0.2) is 0 Å². The van der Waals surface area contributed by atoms with Crippen LogP contribution in [0.3, 0.4) is 0 Å². The number of anilines is 2. The highest BCUT2D eigenvalue weighted by Gasteiger charge is 2.48. The Morgan fingerprint density at radius 2 is 1.83 bits per heavy atom. The third-order valence-corrected chi connectivity index (χ3v) is 8.50. The summed E-state index contributed by atoms with van der Waals surface area (Å²) in [6.45, 7) is 8.85. The highest BCUT2D eigenvalue weighted by atomic mass is 16.3. The van der Waals surface area contributed by atoms with Gasteiger partial charge in [0.05, 0.1) is 11.5 Å². The minimum Gasteiger partial charge on any atom is -0.393 e. The van der Waals surface area contributed by atoms with Crippen LogP contribution in [0.5, 0.6) is 0 Å². The van der Waals surface area contributed by atoms with Gasteiger partial charge in [-0.15, -0.1) is 0 Å². The van der Waals surface area contributed by atoms with Gasteiger partial charge in [-0.25, -0.2) is 0 Å². The van der Waals surface area contributed by atoms with Gasteiger partial charge in [-0.2, -0.15) is 0 Å². The predicted octanol–water partition coefficient (Wildman–Crippen LogP) is 3.72. The van der Waals surface area contributed by atoms with Crippen LogP contribution in [0.2, 0.25) is 0 Å². The van der Waals surface area contributed by atoms with Crippen molar-refractivity contribution in [1.82, 2.24) is 4.90 Å². The second kappa shape index (κ2) is 7.83. The van der Waals surface area contributed by atoms with Gasteiger partial charge in [0.25, 0.3) is 0 Å². The van der Waals surface area contributed by atoms with Gasteiger partial charge in [-0.05, 0) is 95.5 Å². The van der Waals surface area contributed by atoms with E-state index in [0.717, 1.165) is 63.5 Å². The number of amides is 1. The van der Waals surface area contributed by atoms with Crippen molar-refractivity contribution >= 4 is 17.3 Å². The molecule has 4 fully saturated rings. The fourth-order valence-corrected chi connectivity index (χ4v) is 6.55. The molecule has 3 saturated heterocycles. The van der Waals surface area contributed by atoms with Crippen LogP contribution < -0.4 is 9.80 Å². The van der Waals surface area contributed by atoms with Crippen LogP contribution in [0.4, 0.5) is 11.4 Å². The number of carbonyl (C=O) groups excluding carboxylic acids is 1. The van der Waals surface area contributed by atoms with Crippen molar-refractivity contribution in [2.45, 2.75) is 83.4 Å². The largest absolute Gasteiger partial charge is 0.393 e. The number of carbonyl (C=O) groups is 1. The first kappa shape index (κ1) is 20.3. The molecular weight excluding hydrogens is 374 g/mol. The number of aliphatic hydroxyl groups excluding tert-OH is 1. The van der Waals surface area contributed by atoms with Crippen LogP contribution in [0.25, 0.3) is 0 Å². The topological polar surface area (TPSA) is 47.0 Å². The summed E-state index contributed by atoms with van der Waals surface area (Å²) in [6, 6.07) is 8.10. The second-order valence-corrected chi connectivity index (χ2v) is 10.3. The number of aryl methyl sites for hydroxylation is 1. The number of rotatable bonds is 3. The molecule has 4 aliphatic rings. The third kappa shape index (κ3) is 3.44. The number of hydrogen-bond acceptors (Lipinski definition) is 4. The van der Waals surface area contributed by atoms with Crippen LogP contribution in [-0.4, -0.2) is 60.3 Å². The molecule has 1 amide bonds. The van der Waals surface area contributed by atoms with E-state index >= 15 is 0 Å². The molecule has 0 aromatic heterocycles. The first-order valence-electron chi connectivity index (χ1n) is 12.1. The molecular formula is C25H37N3O2. The summed E-state index contributed by atoms with van der Waals surface area (Å²) >= 11 is 0. The Morgan fingerprint density at radius 1 is 1.03 bits per heavy atom. The first-order chi connectivity index (χ1) is 14.5. The molecule has 5 rings (SSSR count). The molecule has 1 spiro atoms. The van der Waals surface area contributed by atoms with Crippen LogP contribution in [0.1, 0.15) is 63.9 Å². The van der Waals surface area contributed by atoms with E-state index in [2.05, 4.69) is 41.8 Å². The standard InChI is InChI=1S/C25H37N3O2/c1-18-16-20(26-14-9-21(17-26)27-13-3-4-19(27)2)5-6-23(18)28-15-12-25(24(28)30)10-7-22(29)8-11-25/h5-6,16,19,21-22,29H,3-4,7-15,17H2,1-2H3. The van der Waals surface area contributed by atoms with Gasteiger partial charge < -0.3 is 14.9 Å². The summed E-state index contributed by atoms with van der Waals surface area (Å²) in [6.07, 6.45) is 7.87. The van der Waals surface area contributed by atoms with E-state index in [1.807, 2.05) is 4.90 Å². The quantitative estimate of drug-likeness (QED) is 0.824. The van der Waals surface area contributed by atoms with Gasteiger partial charge in [0, 0.05) is 43.1 Å². The molecule has 1 saturated carbocycles. The summed E-state index contributed by atoms with van der Waals surface area (Å²) in [7, 11) is 0. The molecule has 2 atom stereocenters. The van der Waals surface area contributed by atoms with Crippen LogP contribution in [-0.2, 0) is 4.79 Å². The summed E-state index contributed by atoms with van der Waals surface area (Å²) in [4.78, 5) is 20.6. The van der Waals surface area contributed by atoms with E-state index in [1.165, 1.54) is 37.1 Å². The molecule has 3 heterocycles. The number of benzene rings is 1. The number of aliphatic hydroxyl groups is 1. The molecule has 5 heteroatoms. The zero-order valence-corrected chi connectivity index (χ0v) is 18.6. The summed E-state index contributed by atoms with van der Waals surface area (Å²) in [5, 5.41) is 9.87. The van der Waals surface area contributed by atoms with Crippen LogP contribution >= 0.6 is 0 Å². The van der Waals surface area contributed by atoms with E-state index in [-0.39, 0.29) is 17.4 Å². The van der Waals surface area contributed by atoms with E-state index in [9.17, 15) is 9.90 Å². The normalized spacial score (nSPS) is 35.2. The molecule has 1 N–H and O–H groups in total. The average molecular weight is 412 g/mol. The Kier molecular flexibility index (Phi) is 5.30. The monoisotopic (exact) mass is 411 g/mol. The van der Waals surface area contributed by atoms with Crippen LogP contribution in [0.15, 0.2) is 18.2 Å². The van der Waals surface area contributed by atoms with E-state index < -0.39 is 0 Å². The van der Waals surface area contributed by atoms with Gasteiger partial charge in [0.2, 0.25) is 5.91 Å². The molecule has 164 valence electrons. The molecule has 30 heavy (non-hydrogen) atoms. The lowest BCUT2D eigenvalue weighted by atomic mass is 9.72. The van der Waals surface area contributed by atoms with Gasteiger partial charge in [-0.3, -0.25) is 9.69 Å². The third-order valence-electron chi connectivity index (χ3n) is 8.50. The maximum absolute atomic E-state index is 13.3. The molecule has 0 bridgehead atoms. The molecule has 3 aliphatic heterocycles. The van der Waals surface area contributed by atoms with Crippen molar-refractivity contribution in [3.63, 3.8) is 0 Å². The summed E-state index contributed by atoms with van der Waals surface area (Å²) in [5.41, 5.74) is 3.36. The van der Waals surface area contributed by atoms with E-state index in [4.69, 9.17) is 0 Å². The average Bonchev–Trinajstić information content (AvgIpc) is 3.45. The minimum absolute atomic E-state index is 0.216.